The van der Waals surface area contributed by atoms with Gasteiger partial charge >= 0.3 is 0 Å². The van der Waals surface area contributed by atoms with Crippen LogP contribution < -0.4 is 14.8 Å². The van der Waals surface area contributed by atoms with Gasteiger partial charge in [-0.15, -0.1) is 0 Å². The van der Waals surface area contributed by atoms with E-state index in [0.29, 0.717) is 29.5 Å². The molecule has 0 aromatic heterocycles. The van der Waals surface area contributed by atoms with E-state index in [-0.39, 0.29) is 23.9 Å². The predicted octanol–water partition coefficient (Wildman–Crippen LogP) is 2.73. The number of ether oxygens (including phenoxy) is 2. The lowest BCUT2D eigenvalue weighted by Gasteiger charge is -2.20. The SMILES string of the molecule is CCN(CC(=O)NCCc1ccc(OC)c(OC)c1)S(=O)(=O)c1ccc(Cl)cc1. The highest BCUT2D eigenvalue weighted by Crippen LogP contribution is 2.27. The number of nitrogens with one attached hydrogen (secondary N) is 1. The summed E-state index contributed by atoms with van der Waals surface area (Å²) in [6.45, 7) is 1.97. The molecule has 1 amide bonds. The lowest BCUT2D eigenvalue weighted by molar-refractivity contribution is -0.121. The van der Waals surface area contributed by atoms with Crippen LogP contribution in [0.4, 0.5) is 0 Å². The molecule has 0 aliphatic carbocycles. The zero-order valence-corrected chi connectivity index (χ0v) is 18.2. The number of hydrogen-bond acceptors (Lipinski definition) is 5. The number of nitrogens with zero attached hydrogens (tertiary/aromatic N) is 1. The largest absolute Gasteiger partial charge is 0.493 e. The molecular formula is C20H25ClN2O5S. The zero-order chi connectivity index (χ0) is 21.4. The van der Waals surface area contributed by atoms with E-state index in [0.717, 1.165) is 9.87 Å². The molecule has 2 rings (SSSR count). The van der Waals surface area contributed by atoms with E-state index in [9.17, 15) is 13.2 Å². The molecule has 2 aromatic rings. The Hall–Kier alpha value is -2.29. The number of rotatable bonds is 10. The second-order valence-electron chi connectivity index (χ2n) is 6.17. The average molecular weight is 441 g/mol. The second kappa shape index (κ2) is 10.5. The van der Waals surface area contributed by atoms with Crippen molar-refractivity contribution in [1.82, 2.24) is 9.62 Å². The van der Waals surface area contributed by atoms with Crippen molar-refractivity contribution >= 4 is 27.5 Å². The fraction of sp³-hybridized carbons (Fsp3) is 0.350. The number of sulfonamides is 1. The average Bonchev–Trinajstić information content (AvgIpc) is 2.72. The van der Waals surface area contributed by atoms with Crippen molar-refractivity contribution in [3.05, 3.63) is 53.1 Å². The zero-order valence-electron chi connectivity index (χ0n) is 16.6. The first kappa shape index (κ1) is 23.0. The van der Waals surface area contributed by atoms with Crippen molar-refractivity contribution in [2.24, 2.45) is 0 Å². The van der Waals surface area contributed by atoms with Gasteiger partial charge in [0.15, 0.2) is 11.5 Å². The van der Waals surface area contributed by atoms with Gasteiger partial charge in [0.1, 0.15) is 0 Å². The molecule has 0 unspecified atom stereocenters. The molecule has 0 atom stereocenters. The first-order valence-electron chi connectivity index (χ1n) is 9.05. The fourth-order valence-electron chi connectivity index (χ4n) is 2.72. The summed E-state index contributed by atoms with van der Waals surface area (Å²) in [4.78, 5) is 12.4. The molecule has 2 aromatic carbocycles. The van der Waals surface area contributed by atoms with Crippen LogP contribution in [0, 0.1) is 0 Å². The molecule has 7 nitrogen and oxygen atoms in total. The number of likely N-dealkylation sites (N-methyl/N-ethyl adjacent to an activating group) is 1. The van der Waals surface area contributed by atoms with Crippen molar-refractivity contribution in [3.63, 3.8) is 0 Å². The van der Waals surface area contributed by atoms with Gasteiger partial charge in [-0.3, -0.25) is 4.79 Å². The molecule has 0 aliphatic heterocycles. The van der Waals surface area contributed by atoms with Crippen molar-refractivity contribution in [2.45, 2.75) is 18.2 Å². The third kappa shape index (κ3) is 6.09. The minimum atomic E-state index is -3.77. The third-order valence-electron chi connectivity index (χ3n) is 4.31. The minimum Gasteiger partial charge on any atom is -0.493 e. The molecule has 1 N–H and O–H groups in total. The van der Waals surface area contributed by atoms with Gasteiger partial charge in [-0.2, -0.15) is 4.31 Å². The van der Waals surface area contributed by atoms with Crippen LogP contribution >= 0.6 is 11.6 Å². The highest BCUT2D eigenvalue weighted by Gasteiger charge is 2.25. The van der Waals surface area contributed by atoms with Gasteiger partial charge in [-0.1, -0.05) is 24.6 Å². The van der Waals surface area contributed by atoms with Crippen LogP contribution in [0.2, 0.25) is 5.02 Å². The van der Waals surface area contributed by atoms with Crippen molar-refractivity contribution in [1.29, 1.82) is 0 Å². The molecule has 0 spiro atoms. The van der Waals surface area contributed by atoms with Gasteiger partial charge in [0.05, 0.1) is 25.7 Å². The Kier molecular flexibility index (Phi) is 8.31. The monoisotopic (exact) mass is 440 g/mol. The van der Waals surface area contributed by atoms with Crippen LogP contribution in [0.3, 0.4) is 0 Å². The summed E-state index contributed by atoms with van der Waals surface area (Å²) in [6.07, 6.45) is 0.572. The van der Waals surface area contributed by atoms with Crippen molar-refractivity contribution in [3.8, 4) is 11.5 Å². The molecular weight excluding hydrogens is 416 g/mol. The number of hydrogen-bond donors (Lipinski definition) is 1. The summed E-state index contributed by atoms with van der Waals surface area (Å²) in [7, 11) is -0.649. The molecule has 0 aliphatic rings. The lowest BCUT2D eigenvalue weighted by atomic mass is 10.1. The topological polar surface area (TPSA) is 84.9 Å². The normalized spacial score (nSPS) is 11.3. The Morgan fingerprint density at radius 1 is 1.07 bits per heavy atom. The Balaban J connectivity index is 1.94. The summed E-state index contributed by atoms with van der Waals surface area (Å²) in [5, 5.41) is 3.20. The van der Waals surface area contributed by atoms with E-state index in [4.69, 9.17) is 21.1 Å². The van der Waals surface area contributed by atoms with Gasteiger partial charge in [0, 0.05) is 18.1 Å². The first-order chi connectivity index (χ1) is 13.8. The maximum atomic E-state index is 12.7. The Morgan fingerprint density at radius 2 is 1.72 bits per heavy atom. The van der Waals surface area contributed by atoms with Crippen LogP contribution in [0.25, 0.3) is 0 Å². The summed E-state index contributed by atoms with van der Waals surface area (Å²) >= 11 is 5.82. The van der Waals surface area contributed by atoms with Crippen molar-refractivity contribution in [2.75, 3.05) is 33.9 Å². The number of carbonyl (C=O) groups is 1. The van der Waals surface area contributed by atoms with Gasteiger partial charge in [-0.05, 0) is 48.4 Å². The maximum Gasteiger partial charge on any atom is 0.243 e. The van der Waals surface area contributed by atoms with E-state index in [1.54, 1.807) is 27.2 Å². The Morgan fingerprint density at radius 3 is 2.31 bits per heavy atom. The summed E-state index contributed by atoms with van der Waals surface area (Å²) in [5.74, 6) is 0.874. The minimum absolute atomic E-state index is 0.0990. The smallest absolute Gasteiger partial charge is 0.243 e. The molecule has 0 saturated heterocycles. The number of benzene rings is 2. The molecule has 0 heterocycles. The van der Waals surface area contributed by atoms with E-state index in [1.807, 2.05) is 12.1 Å². The molecule has 158 valence electrons. The van der Waals surface area contributed by atoms with E-state index in [1.165, 1.54) is 24.3 Å². The van der Waals surface area contributed by atoms with E-state index >= 15 is 0 Å². The highest BCUT2D eigenvalue weighted by molar-refractivity contribution is 7.89. The van der Waals surface area contributed by atoms with Gasteiger partial charge in [0.25, 0.3) is 0 Å². The molecule has 0 saturated carbocycles. The Bertz CT molecular complexity index is 932. The van der Waals surface area contributed by atoms with Crippen LogP contribution in [0.5, 0.6) is 11.5 Å². The van der Waals surface area contributed by atoms with Crippen LogP contribution in [-0.2, 0) is 21.2 Å². The number of methoxy groups -OCH3 is 2. The molecule has 0 bridgehead atoms. The van der Waals surface area contributed by atoms with Gasteiger partial charge in [-0.25, -0.2) is 8.42 Å². The number of halogens is 1. The molecule has 0 radical (unpaired) electrons. The first-order valence-corrected chi connectivity index (χ1v) is 10.9. The summed E-state index contributed by atoms with van der Waals surface area (Å²) < 4.78 is 37.0. The fourth-order valence-corrected chi connectivity index (χ4v) is 4.25. The van der Waals surface area contributed by atoms with Crippen molar-refractivity contribution < 1.29 is 22.7 Å². The van der Waals surface area contributed by atoms with Crippen LogP contribution in [0.1, 0.15) is 12.5 Å². The maximum absolute atomic E-state index is 12.7. The summed E-state index contributed by atoms with van der Waals surface area (Å²) in [6, 6.07) is 11.4. The standard InChI is InChI=1S/C20H25ClN2O5S/c1-4-23(29(25,26)17-8-6-16(21)7-9-17)14-20(24)22-12-11-15-5-10-18(27-2)19(13-15)28-3/h5-10,13H,4,11-12,14H2,1-3H3,(H,22,24). The quantitative estimate of drug-likeness (QED) is 0.614. The summed E-state index contributed by atoms with van der Waals surface area (Å²) in [5.41, 5.74) is 0.962. The Labute approximate surface area is 176 Å². The second-order valence-corrected chi connectivity index (χ2v) is 8.55. The number of carbonyl (C=O) groups excluding carboxylic acids is 1. The third-order valence-corrected chi connectivity index (χ3v) is 6.49. The molecule has 9 heteroatoms. The number of amides is 1. The lowest BCUT2D eigenvalue weighted by Crippen LogP contribution is -2.41. The van der Waals surface area contributed by atoms with Crippen LogP contribution in [0.15, 0.2) is 47.4 Å². The molecule has 0 fully saturated rings. The van der Waals surface area contributed by atoms with Gasteiger partial charge < -0.3 is 14.8 Å². The van der Waals surface area contributed by atoms with Gasteiger partial charge in [0.2, 0.25) is 15.9 Å². The predicted molar refractivity (Wildman–Crippen MR) is 112 cm³/mol. The van der Waals surface area contributed by atoms with E-state index < -0.39 is 10.0 Å². The van der Waals surface area contributed by atoms with Crippen LogP contribution in [-0.4, -0.2) is 52.5 Å². The molecule has 29 heavy (non-hydrogen) atoms. The van der Waals surface area contributed by atoms with E-state index in [2.05, 4.69) is 5.32 Å². The highest BCUT2D eigenvalue weighted by atomic mass is 35.5.